The number of hydrogen-bond acceptors (Lipinski definition) is 3. The van der Waals surface area contributed by atoms with Crippen molar-refractivity contribution in [2.75, 3.05) is 0 Å². The minimum Gasteiger partial charge on any atom is -0.319 e. The Hall–Kier alpha value is -1.89. The van der Waals surface area contributed by atoms with Crippen LogP contribution in [0.5, 0.6) is 0 Å². The molecule has 0 fully saturated rings. The van der Waals surface area contributed by atoms with E-state index in [0.29, 0.717) is 17.5 Å². The van der Waals surface area contributed by atoms with Crippen molar-refractivity contribution in [3.05, 3.63) is 42.5 Å². The molecule has 2 aromatic heterocycles. The average molecular weight is 350 g/mol. The van der Waals surface area contributed by atoms with Crippen LogP contribution in [0.15, 0.2) is 41.8 Å². The van der Waals surface area contributed by atoms with Gasteiger partial charge in [0.2, 0.25) is 0 Å². The quantitative estimate of drug-likeness (QED) is 0.565. The van der Waals surface area contributed by atoms with Crippen molar-refractivity contribution in [1.82, 2.24) is 19.1 Å². The van der Waals surface area contributed by atoms with Crippen molar-refractivity contribution >= 4 is 22.8 Å². The van der Waals surface area contributed by atoms with Gasteiger partial charge in [-0.15, -0.1) is 0 Å². The molecule has 0 unspecified atom stereocenters. The Bertz CT molecular complexity index is 810. The molecular weight excluding hydrogens is 330 g/mol. The number of thioether (sulfide) groups is 1. The van der Waals surface area contributed by atoms with Crippen LogP contribution in [0.4, 0.5) is 8.78 Å². The summed E-state index contributed by atoms with van der Waals surface area (Å²) in [7, 11) is 0. The molecule has 0 aliphatic rings. The summed E-state index contributed by atoms with van der Waals surface area (Å²) in [5.74, 6) is 1.31. The van der Waals surface area contributed by atoms with Gasteiger partial charge >= 0.3 is 6.55 Å². The number of benzene rings is 1. The summed E-state index contributed by atoms with van der Waals surface area (Å²) in [5.41, 5.74) is 2.01. The van der Waals surface area contributed by atoms with Crippen LogP contribution in [0.3, 0.4) is 0 Å². The fourth-order valence-corrected chi connectivity index (χ4v) is 3.52. The molecule has 0 atom stereocenters. The summed E-state index contributed by atoms with van der Waals surface area (Å²) >= 11 is 1.45. The Balaban J connectivity index is 1.85. The number of para-hydroxylation sites is 2. The number of rotatable bonds is 7. The van der Waals surface area contributed by atoms with Gasteiger partial charge in [0.15, 0.2) is 5.16 Å². The molecule has 0 saturated heterocycles. The smallest absolute Gasteiger partial charge is 0.319 e. The first-order valence-corrected chi connectivity index (χ1v) is 8.92. The number of halogens is 2. The number of imidazole rings is 2. The Morgan fingerprint density at radius 2 is 2.00 bits per heavy atom. The Kier molecular flexibility index (Phi) is 5.18. The van der Waals surface area contributed by atoms with Crippen molar-refractivity contribution in [3.8, 4) is 0 Å². The van der Waals surface area contributed by atoms with Crippen molar-refractivity contribution in [3.63, 3.8) is 0 Å². The minimum atomic E-state index is -2.57. The third kappa shape index (κ3) is 3.61. The zero-order chi connectivity index (χ0) is 17.1. The lowest BCUT2D eigenvalue weighted by Crippen LogP contribution is -2.05. The van der Waals surface area contributed by atoms with E-state index in [4.69, 9.17) is 0 Å². The minimum absolute atomic E-state index is 0.359. The second-order valence-corrected chi connectivity index (χ2v) is 6.98. The molecule has 0 radical (unpaired) electrons. The summed E-state index contributed by atoms with van der Waals surface area (Å²) in [5, 5.41) is 0.848. The summed E-state index contributed by atoms with van der Waals surface area (Å²) in [4.78, 5) is 8.70. The maximum Gasteiger partial charge on any atom is 0.319 e. The molecule has 0 bridgehead atoms. The van der Waals surface area contributed by atoms with E-state index in [1.165, 1.54) is 24.2 Å². The standard InChI is InChI=1S/C17H20F2N4S/c1-12(2)7-9-22-14-6-4-3-5-13(14)21-17(22)24-11-15-20-8-10-23(15)16(18)19/h3-6,8,10,12,16H,7,9,11H2,1-2H3. The van der Waals surface area contributed by atoms with Crippen LogP contribution < -0.4 is 0 Å². The Morgan fingerprint density at radius 1 is 1.21 bits per heavy atom. The molecule has 0 amide bonds. The van der Waals surface area contributed by atoms with Gasteiger partial charge < -0.3 is 4.57 Å². The van der Waals surface area contributed by atoms with Crippen LogP contribution in [0, 0.1) is 5.92 Å². The molecule has 2 heterocycles. The van der Waals surface area contributed by atoms with Gasteiger partial charge in [-0.05, 0) is 24.5 Å². The van der Waals surface area contributed by atoms with Gasteiger partial charge in [0.1, 0.15) is 5.82 Å². The van der Waals surface area contributed by atoms with Crippen molar-refractivity contribution in [2.45, 2.75) is 44.3 Å². The highest BCUT2D eigenvalue weighted by Gasteiger charge is 2.15. The van der Waals surface area contributed by atoms with Crippen LogP contribution in [0.25, 0.3) is 11.0 Å². The van der Waals surface area contributed by atoms with Gasteiger partial charge in [-0.2, -0.15) is 8.78 Å². The summed E-state index contributed by atoms with van der Waals surface area (Å²) in [6.45, 7) is 2.67. The lowest BCUT2D eigenvalue weighted by Gasteiger charge is -2.11. The first kappa shape index (κ1) is 17.0. The van der Waals surface area contributed by atoms with Crippen LogP contribution >= 0.6 is 11.8 Å². The monoisotopic (exact) mass is 350 g/mol. The number of fused-ring (bicyclic) bond motifs is 1. The molecule has 3 rings (SSSR count). The Labute approximate surface area is 143 Å². The topological polar surface area (TPSA) is 35.6 Å². The normalized spacial score (nSPS) is 11.9. The maximum atomic E-state index is 12.9. The first-order chi connectivity index (χ1) is 11.6. The molecule has 0 N–H and O–H groups in total. The zero-order valence-electron chi connectivity index (χ0n) is 13.7. The highest BCUT2D eigenvalue weighted by atomic mass is 32.2. The lowest BCUT2D eigenvalue weighted by atomic mass is 10.1. The second-order valence-electron chi connectivity index (χ2n) is 6.03. The lowest BCUT2D eigenvalue weighted by molar-refractivity contribution is 0.0678. The molecule has 0 aliphatic carbocycles. The van der Waals surface area contributed by atoms with Gasteiger partial charge in [0.05, 0.1) is 16.8 Å². The highest BCUT2D eigenvalue weighted by molar-refractivity contribution is 7.98. The molecule has 128 valence electrons. The van der Waals surface area contributed by atoms with Gasteiger partial charge in [-0.1, -0.05) is 37.7 Å². The second kappa shape index (κ2) is 7.34. The van der Waals surface area contributed by atoms with E-state index in [1.54, 1.807) is 0 Å². The van der Waals surface area contributed by atoms with Gasteiger partial charge in [0.25, 0.3) is 0 Å². The number of aromatic nitrogens is 4. The molecule has 4 nitrogen and oxygen atoms in total. The number of alkyl halides is 2. The maximum absolute atomic E-state index is 12.9. The van der Waals surface area contributed by atoms with Crippen molar-refractivity contribution in [2.24, 2.45) is 5.92 Å². The number of aryl methyl sites for hydroxylation is 1. The molecule has 24 heavy (non-hydrogen) atoms. The molecule has 0 aliphatic heterocycles. The van der Waals surface area contributed by atoms with Gasteiger partial charge in [-0.25, -0.2) is 9.97 Å². The predicted molar refractivity (Wildman–Crippen MR) is 92.2 cm³/mol. The van der Waals surface area contributed by atoms with Crippen LogP contribution in [-0.4, -0.2) is 19.1 Å². The number of nitrogens with zero attached hydrogens (tertiary/aromatic N) is 4. The van der Waals surface area contributed by atoms with Crippen molar-refractivity contribution in [1.29, 1.82) is 0 Å². The third-order valence-electron chi connectivity index (χ3n) is 3.84. The summed E-state index contributed by atoms with van der Waals surface area (Å²) in [6.07, 6.45) is 3.76. The van der Waals surface area contributed by atoms with E-state index >= 15 is 0 Å². The fourth-order valence-electron chi connectivity index (χ4n) is 2.53. The number of hydrogen-bond donors (Lipinski definition) is 0. The van der Waals surface area contributed by atoms with Crippen molar-refractivity contribution < 1.29 is 8.78 Å². The molecular formula is C17H20F2N4S. The summed E-state index contributed by atoms with van der Waals surface area (Å²) in [6, 6.07) is 7.98. The van der Waals surface area contributed by atoms with Crippen LogP contribution in [0.1, 0.15) is 32.6 Å². The SMILES string of the molecule is CC(C)CCn1c(SCc2nccn2C(F)F)nc2ccccc21. The fraction of sp³-hybridized carbons (Fsp3) is 0.412. The predicted octanol–water partition coefficient (Wildman–Crippen LogP) is 4.97. The van der Waals surface area contributed by atoms with Crippen LogP contribution in [-0.2, 0) is 12.3 Å². The largest absolute Gasteiger partial charge is 0.319 e. The third-order valence-corrected chi connectivity index (χ3v) is 4.81. The average Bonchev–Trinajstić information content (AvgIpc) is 3.15. The van der Waals surface area contributed by atoms with E-state index in [9.17, 15) is 8.78 Å². The molecule has 0 spiro atoms. The first-order valence-electron chi connectivity index (χ1n) is 7.94. The van der Waals surface area contributed by atoms with Gasteiger partial charge in [0, 0.05) is 18.9 Å². The zero-order valence-corrected chi connectivity index (χ0v) is 14.5. The van der Waals surface area contributed by atoms with E-state index < -0.39 is 6.55 Å². The molecule has 1 aromatic carbocycles. The van der Waals surface area contributed by atoms with Gasteiger partial charge in [-0.3, -0.25) is 4.57 Å². The van der Waals surface area contributed by atoms with E-state index in [0.717, 1.165) is 33.7 Å². The molecule has 7 heteroatoms. The Morgan fingerprint density at radius 3 is 2.75 bits per heavy atom. The van der Waals surface area contributed by atoms with E-state index in [-0.39, 0.29) is 0 Å². The van der Waals surface area contributed by atoms with E-state index in [2.05, 4.69) is 28.4 Å². The molecule has 0 saturated carbocycles. The highest BCUT2D eigenvalue weighted by Crippen LogP contribution is 2.28. The van der Waals surface area contributed by atoms with E-state index in [1.807, 2.05) is 24.3 Å². The van der Waals surface area contributed by atoms with Crippen LogP contribution in [0.2, 0.25) is 0 Å². The summed E-state index contributed by atoms with van der Waals surface area (Å²) < 4.78 is 28.9. The molecule has 3 aromatic rings.